The Kier molecular flexibility index (Phi) is 2.68. The fourth-order valence-corrected chi connectivity index (χ4v) is 1.95. The van der Waals surface area contributed by atoms with Crippen molar-refractivity contribution >= 4 is 0 Å². The summed E-state index contributed by atoms with van der Waals surface area (Å²) in [6.07, 6.45) is 4.79. The van der Waals surface area contributed by atoms with Gasteiger partial charge >= 0.3 is 0 Å². The van der Waals surface area contributed by atoms with Crippen molar-refractivity contribution in [3.63, 3.8) is 0 Å². The van der Waals surface area contributed by atoms with E-state index in [0.717, 1.165) is 23.5 Å². The third-order valence-corrected chi connectivity index (χ3v) is 3.38. The molecule has 2 atom stereocenters. The van der Waals surface area contributed by atoms with Crippen molar-refractivity contribution in [3.05, 3.63) is 37.5 Å². The second kappa shape index (κ2) is 3.35. The molecule has 1 aliphatic rings. The van der Waals surface area contributed by atoms with E-state index < -0.39 is 11.1 Å². The van der Waals surface area contributed by atoms with Crippen LogP contribution in [0.25, 0.3) is 0 Å². The lowest BCUT2D eigenvalue weighted by molar-refractivity contribution is -0.0825. The van der Waals surface area contributed by atoms with Gasteiger partial charge in [-0.2, -0.15) is 0 Å². The Labute approximate surface area is 85.5 Å². The molecule has 78 valence electrons. The monoisotopic (exact) mass is 195 g/mol. The highest BCUT2D eigenvalue weighted by Crippen LogP contribution is 2.45. The van der Waals surface area contributed by atoms with E-state index in [1.54, 1.807) is 12.2 Å². The standard InChI is InChI=1S/C12H18FN/c1-6-10(3)12(5)9-8-11(4,7-2)14(12)13/h6-7H,1-3,8-9H2,4-5H3. The van der Waals surface area contributed by atoms with Crippen molar-refractivity contribution < 1.29 is 4.48 Å². The molecule has 0 aromatic carbocycles. The van der Waals surface area contributed by atoms with Crippen molar-refractivity contribution in [3.8, 4) is 0 Å². The van der Waals surface area contributed by atoms with Crippen LogP contribution in [0.4, 0.5) is 4.48 Å². The normalized spacial score (nSPS) is 38.2. The lowest BCUT2D eigenvalue weighted by Crippen LogP contribution is -2.45. The Morgan fingerprint density at radius 1 is 1.36 bits per heavy atom. The number of rotatable bonds is 3. The molecular weight excluding hydrogens is 177 g/mol. The van der Waals surface area contributed by atoms with Crippen molar-refractivity contribution in [2.45, 2.75) is 37.8 Å². The molecule has 14 heavy (non-hydrogen) atoms. The van der Waals surface area contributed by atoms with Gasteiger partial charge in [0.15, 0.2) is 0 Å². The van der Waals surface area contributed by atoms with Gasteiger partial charge in [0.05, 0.1) is 11.1 Å². The fraction of sp³-hybridized carbons (Fsp3) is 0.500. The molecule has 0 saturated carbocycles. The number of hydrogen-bond donors (Lipinski definition) is 0. The van der Waals surface area contributed by atoms with E-state index in [1.807, 2.05) is 13.8 Å². The highest BCUT2D eigenvalue weighted by atomic mass is 19.2. The predicted molar refractivity (Wildman–Crippen MR) is 58.5 cm³/mol. The molecule has 0 aromatic rings. The lowest BCUT2D eigenvalue weighted by atomic mass is 9.91. The average molecular weight is 195 g/mol. The van der Waals surface area contributed by atoms with Crippen LogP contribution in [0.3, 0.4) is 0 Å². The second-order valence-corrected chi connectivity index (χ2v) is 4.35. The first kappa shape index (κ1) is 11.2. The zero-order valence-corrected chi connectivity index (χ0v) is 9.02. The first-order valence-corrected chi connectivity index (χ1v) is 4.82. The summed E-state index contributed by atoms with van der Waals surface area (Å²) in [4.78, 5) is 0. The van der Waals surface area contributed by atoms with Crippen LogP contribution in [0.2, 0.25) is 0 Å². The van der Waals surface area contributed by atoms with E-state index in [0.29, 0.717) is 0 Å². The molecule has 0 aromatic heterocycles. The van der Waals surface area contributed by atoms with Gasteiger partial charge in [0.1, 0.15) is 0 Å². The Balaban J connectivity index is 3.02. The van der Waals surface area contributed by atoms with Crippen LogP contribution in [0.5, 0.6) is 0 Å². The molecular formula is C12H18FN. The van der Waals surface area contributed by atoms with Crippen LogP contribution in [0.15, 0.2) is 37.5 Å². The topological polar surface area (TPSA) is 3.24 Å². The van der Waals surface area contributed by atoms with E-state index >= 15 is 0 Å². The molecule has 0 amide bonds. The molecule has 0 N–H and O–H groups in total. The molecule has 1 aliphatic heterocycles. The largest absolute Gasteiger partial charge is 0.133 e. The van der Waals surface area contributed by atoms with E-state index in [4.69, 9.17) is 0 Å². The van der Waals surface area contributed by atoms with Gasteiger partial charge in [0.25, 0.3) is 0 Å². The number of hydrogen-bond acceptors (Lipinski definition) is 1. The van der Waals surface area contributed by atoms with Gasteiger partial charge in [-0.15, -0.1) is 16.2 Å². The van der Waals surface area contributed by atoms with Gasteiger partial charge < -0.3 is 0 Å². The first-order valence-electron chi connectivity index (χ1n) is 4.82. The molecule has 0 spiro atoms. The summed E-state index contributed by atoms with van der Waals surface area (Å²) in [6, 6.07) is 0. The van der Waals surface area contributed by atoms with Crippen molar-refractivity contribution in [2.75, 3.05) is 0 Å². The molecule has 1 nitrogen and oxygen atoms in total. The SMILES string of the molecule is C=CC(=C)C1(C)CCC(C)(C=C)N1F. The van der Waals surface area contributed by atoms with Crippen LogP contribution >= 0.6 is 0 Å². The molecule has 1 heterocycles. The maximum Gasteiger partial charge on any atom is 0.0737 e. The van der Waals surface area contributed by atoms with Crippen LogP contribution < -0.4 is 0 Å². The second-order valence-electron chi connectivity index (χ2n) is 4.35. The Hall–Kier alpha value is -0.890. The molecule has 1 rings (SSSR count). The van der Waals surface area contributed by atoms with E-state index in [1.165, 1.54) is 0 Å². The van der Waals surface area contributed by atoms with Crippen LogP contribution in [0.1, 0.15) is 26.7 Å². The summed E-state index contributed by atoms with van der Waals surface area (Å²) in [5.74, 6) is 0. The third-order valence-electron chi connectivity index (χ3n) is 3.38. The molecule has 0 bridgehead atoms. The number of halogens is 1. The van der Waals surface area contributed by atoms with Crippen molar-refractivity contribution in [1.29, 1.82) is 0 Å². The van der Waals surface area contributed by atoms with Crippen molar-refractivity contribution in [1.82, 2.24) is 5.12 Å². The first-order chi connectivity index (χ1) is 6.40. The minimum absolute atomic E-state index is 0.569. The summed E-state index contributed by atoms with van der Waals surface area (Å²) in [5.41, 5.74) is -0.462. The molecule has 0 radical (unpaired) electrons. The smallest absolute Gasteiger partial charge is 0.0737 e. The minimum Gasteiger partial charge on any atom is -0.133 e. The zero-order valence-electron chi connectivity index (χ0n) is 9.02. The molecule has 2 unspecified atom stereocenters. The van der Waals surface area contributed by atoms with Crippen LogP contribution in [-0.4, -0.2) is 16.2 Å². The Morgan fingerprint density at radius 3 is 2.29 bits per heavy atom. The average Bonchev–Trinajstić information content (AvgIpc) is 2.44. The summed E-state index contributed by atoms with van der Waals surface area (Å²) in [7, 11) is 0. The molecule has 0 aliphatic carbocycles. The molecule has 2 heteroatoms. The van der Waals surface area contributed by atoms with Gasteiger partial charge in [-0.25, -0.2) is 0 Å². The summed E-state index contributed by atoms with van der Waals surface area (Å²) in [6.45, 7) is 14.9. The highest BCUT2D eigenvalue weighted by Gasteiger charge is 2.50. The van der Waals surface area contributed by atoms with Gasteiger partial charge in [-0.3, -0.25) is 0 Å². The van der Waals surface area contributed by atoms with E-state index in [9.17, 15) is 4.48 Å². The summed E-state index contributed by atoms with van der Waals surface area (Å²) >= 11 is 0. The molecule has 1 fully saturated rings. The minimum atomic E-state index is -0.620. The van der Waals surface area contributed by atoms with Crippen molar-refractivity contribution in [2.24, 2.45) is 0 Å². The Morgan fingerprint density at radius 2 is 1.93 bits per heavy atom. The number of nitrogens with zero attached hydrogens (tertiary/aromatic N) is 1. The molecule has 1 saturated heterocycles. The van der Waals surface area contributed by atoms with Crippen LogP contribution in [0, 0.1) is 0 Å². The zero-order chi connectivity index (χ0) is 11.0. The van der Waals surface area contributed by atoms with E-state index in [-0.39, 0.29) is 0 Å². The summed E-state index contributed by atoms with van der Waals surface area (Å²) < 4.78 is 14.1. The van der Waals surface area contributed by atoms with Gasteiger partial charge in [0, 0.05) is 0 Å². The quantitative estimate of drug-likeness (QED) is 0.379. The van der Waals surface area contributed by atoms with Gasteiger partial charge in [-0.1, -0.05) is 25.3 Å². The maximum absolute atomic E-state index is 14.1. The fourth-order valence-electron chi connectivity index (χ4n) is 1.95. The lowest BCUT2D eigenvalue weighted by Gasteiger charge is -2.35. The summed E-state index contributed by atoms with van der Waals surface area (Å²) in [5, 5.41) is 0.858. The van der Waals surface area contributed by atoms with Gasteiger partial charge in [0.2, 0.25) is 0 Å². The highest BCUT2D eigenvalue weighted by molar-refractivity contribution is 5.30. The third kappa shape index (κ3) is 1.34. The van der Waals surface area contributed by atoms with Gasteiger partial charge in [-0.05, 0) is 32.3 Å². The Bertz CT molecular complexity index is 284. The van der Waals surface area contributed by atoms with Crippen LogP contribution in [-0.2, 0) is 0 Å². The predicted octanol–water partition coefficient (Wildman–Crippen LogP) is 3.41. The van der Waals surface area contributed by atoms with E-state index in [2.05, 4.69) is 19.7 Å². The maximum atomic E-state index is 14.1.